The van der Waals surface area contributed by atoms with Gasteiger partial charge in [-0.2, -0.15) is 0 Å². The van der Waals surface area contributed by atoms with Gasteiger partial charge in [-0.15, -0.1) is 0 Å². The molecule has 130 valence electrons. The third kappa shape index (κ3) is 2.25. The summed E-state index contributed by atoms with van der Waals surface area (Å²) in [6, 6.07) is 28.0. The van der Waals surface area contributed by atoms with Gasteiger partial charge in [0, 0.05) is 5.69 Å². The number of anilines is 1. The fourth-order valence-corrected chi connectivity index (χ4v) is 4.71. The van der Waals surface area contributed by atoms with Crippen LogP contribution >= 0.6 is 0 Å². The molecule has 0 unspecified atom stereocenters. The highest BCUT2D eigenvalue weighted by atomic mass is 14.6. The molecule has 0 spiro atoms. The third-order valence-corrected chi connectivity index (χ3v) is 5.76. The Balaban J connectivity index is 1.95. The maximum Gasteiger partial charge on any atom is 0.0680 e. The summed E-state index contributed by atoms with van der Waals surface area (Å²) in [5.74, 6) is 0. The van der Waals surface area contributed by atoms with Gasteiger partial charge in [-0.05, 0) is 52.0 Å². The molecule has 0 radical (unpaired) electrons. The number of fused-ring (bicyclic) bond motifs is 2. The molecule has 0 saturated heterocycles. The smallest absolute Gasteiger partial charge is 0.0680 e. The molecule has 3 aromatic rings. The Labute approximate surface area is 160 Å². The van der Waals surface area contributed by atoms with Crippen LogP contribution in [0.4, 0.5) is 5.69 Å². The van der Waals surface area contributed by atoms with E-state index < -0.39 is 0 Å². The average Bonchev–Trinajstić information content (AvgIpc) is 2.85. The molecular weight excluding hydrogens is 326 g/mol. The van der Waals surface area contributed by atoms with Gasteiger partial charge in [-0.25, -0.2) is 0 Å². The molecule has 5 rings (SSSR count). The first-order chi connectivity index (χ1) is 13.3. The molecule has 0 saturated carbocycles. The van der Waals surface area contributed by atoms with Crippen molar-refractivity contribution in [2.75, 3.05) is 5.73 Å². The van der Waals surface area contributed by atoms with E-state index in [1.165, 1.54) is 33.4 Å². The lowest BCUT2D eigenvalue weighted by atomic mass is 9.66. The summed E-state index contributed by atoms with van der Waals surface area (Å²) in [6.45, 7) is 0. The quantitative estimate of drug-likeness (QED) is 0.575. The number of hydrogen-bond acceptors (Lipinski definition) is 1. The van der Waals surface area contributed by atoms with Gasteiger partial charge in [0.1, 0.15) is 0 Å². The maximum atomic E-state index is 6.28. The Hall–Kier alpha value is -3.32. The lowest BCUT2D eigenvalue weighted by Gasteiger charge is -2.35. The standard InChI is InChI=1S/C26H21N/c27-21-16-17-23-22-14-8-3-9-15-24(22)26(25(23)18-21,19-10-4-1-5-11-19)20-12-6-2-7-13-20/h1-14,16-18H,15,27H2. The first-order valence-electron chi connectivity index (χ1n) is 9.40. The number of benzene rings is 3. The van der Waals surface area contributed by atoms with E-state index in [2.05, 4.69) is 97.1 Å². The molecule has 0 heterocycles. The summed E-state index contributed by atoms with van der Waals surface area (Å²) < 4.78 is 0. The topological polar surface area (TPSA) is 26.0 Å². The number of allylic oxidation sites excluding steroid dienone is 6. The van der Waals surface area contributed by atoms with Crippen molar-refractivity contribution in [2.24, 2.45) is 0 Å². The molecule has 0 aromatic heterocycles. The molecule has 2 N–H and O–H groups in total. The van der Waals surface area contributed by atoms with E-state index in [9.17, 15) is 0 Å². The highest BCUT2D eigenvalue weighted by molar-refractivity contribution is 5.91. The Bertz CT molecular complexity index is 1050. The van der Waals surface area contributed by atoms with Gasteiger partial charge >= 0.3 is 0 Å². The summed E-state index contributed by atoms with van der Waals surface area (Å²) in [4.78, 5) is 0. The highest BCUT2D eigenvalue weighted by Gasteiger charge is 2.46. The number of hydrogen-bond donors (Lipinski definition) is 1. The van der Waals surface area contributed by atoms with Gasteiger partial charge < -0.3 is 5.73 Å². The van der Waals surface area contributed by atoms with Crippen molar-refractivity contribution in [1.82, 2.24) is 0 Å². The van der Waals surface area contributed by atoms with E-state index in [4.69, 9.17) is 5.73 Å². The fourth-order valence-electron chi connectivity index (χ4n) is 4.71. The van der Waals surface area contributed by atoms with E-state index in [1.807, 2.05) is 6.07 Å². The first-order valence-corrected chi connectivity index (χ1v) is 9.40. The van der Waals surface area contributed by atoms with Crippen LogP contribution in [0.5, 0.6) is 0 Å². The summed E-state index contributed by atoms with van der Waals surface area (Å²) in [5.41, 5.74) is 14.7. The molecule has 0 amide bonds. The van der Waals surface area contributed by atoms with Gasteiger partial charge in [0.25, 0.3) is 0 Å². The summed E-state index contributed by atoms with van der Waals surface area (Å²) >= 11 is 0. The van der Waals surface area contributed by atoms with Crippen LogP contribution in [-0.2, 0) is 5.41 Å². The predicted octanol–water partition coefficient (Wildman–Crippen LogP) is 5.89. The van der Waals surface area contributed by atoms with Crippen molar-refractivity contribution >= 4 is 11.3 Å². The highest BCUT2D eigenvalue weighted by Crippen LogP contribution is 2.56. The van der Waals surface area contributed by atoms with Crippen LogP contribution < -0.4 is 5.73 Å². The second kappa shape index (κ2) is 6.14. The zero-order chi connectivity index (χ0) is 18.3. The molecule has 1 heteroatoms. The Morgan fingerprint density at radius 2 is 1.41 bits per heavy atom. The van der Waals surface area contributed by atoms with Crippen LogP contribution in [0.1, 0.15) is 28.7 Å². The molecule has 0 fully saturated rings. The maximum absolute atomic E-state index is 6.28. The van der Waals surface area contributed by atoms with Crippen LogP contribution in [0.15, 0.2) is 109 Å². The largest absolute Gasteiger partial charge is 0.399 e. The lowest BCUT2D eigenvalue weighted by molar-refractivity contribution is 0.726. The average molecular weight is 347 g/mol. The van der Waals surface area contributed by atoms with Gasteiger partial charge in [-0.3, -0.25) is 0 Å². The Morgan fingerprint density at radius 1 is 0.741 bits per heavy atom. The van der Waals surface area contributed by atoms with E-state index >= 15 is 0 Å². The van der Waals surface area contributed by atoms with E-state index in [1.54, 1.807) is 0 Å². The third-order valence-electron chi connectivity index (χ3n) is 5.76. The SMILES string of the molecule is Nc1ccc2c(c1)C(c1ccccc1)(c1ccccc1)C1=C2C=CC=CC1. The zero-order valence-electron chi connectivity index (χ0n) is 15.1. The Morgan fingerprint density at radius 3 is 2.07 bits per heavy atom. The van der Waals surface area contributed by atoms with Crippen molar-refractivity contribution in [3.63, 3.8) is 0 Å². The Kier molecular flexibility index (Phi) is 3.61. The normalized spacial score (nSPS) is 16.7. The summed E-state index contributed by atoms with van der Waals surface area (Å²) in [7, 11) is 0. The molecule has 27 heavy (non-hydrogen) atoms. The minimum Gasteiger partial charge on any atom is -0.399 e. The molecule has 0 atom stereocenters. The lowest BCUT2D eigenvalue weighted by Crippen LogP contribution is -2.30. The molecule has 0 bridgehead atoms. The number of rotatable bonds is 2. The number of nitrogens with two attached hydrogens (primary N) is 1. The number of nitrogen functional groups attached to an aromatic ring is 1. The second-order valence-corrected chi connectivity index (χ2v) is 7.17. The second-order valence-electron chi connectivity index (χ2n) is 7.17. The van der Waals surface area contributed by atoms with Crippen LogP contribution in [0.3, 0.4) is 0 Å². The van der Waals surface area contributed by atoms with Crippen LogP contribution in [-0.4, -0.2) is 0 Å². The van der Waals surface area contributed by atoms with Crippen molar-refractivity contribution < 1.29 is 0 Å². The summed E-state index contributed by atoms with van der Waals surface area (Å²) in [5, 5.41) is 0. The molecule has 2 aliphatic rings. The van der Waals surface area contributed by atoms with Crippen molar-refractivity contribution in [1.29, 1.82) is 0 Å². The first kappa shape index (κ1) is 15.9. The van der Waals surface area contributed by atoms with Crippen LogP contribution in [0.2, 0.25) is 0 Å². The van der Waals surface area contributed by atoms with Crippen molar-refractivity contribution in [3.8, 4) is 0 Å². The van der Waals surface area contributed by atoms with Gasteiger partial charge in [-0.1, -0.05) is 91.0 Å². The van der Waals surface area contributed by atoms with Crippen LogP contribution in [0, 0.1) is 0 Å². The summed E-state index contributed by atoms with van der Waals surface area (Å²) in [6.07, 6.45) is 9.72. The van der Waals surface area contributed by atoms with Crippen molar-refractivity contribution in [2.45, 2.75) is 11.8 Å². The van der Waals surface area contributed by atoms with Gasteiger partial charge in [0.05, 0.1) is 5.41 Å². The van der Waals surface area contributed by atoms with Gasteiger partial charge in [0.2, 0.25) is 0 Å². The van der Waals surface area contributed by atoms with E-state index in [0.29, 0.717) is 0 Å². The van der Waals surface area contributed by atoms with Crippen LogP contribution in [0.25, 0.3) is 5.57 Å². The minimum atomic E-state index is -0.318. The van der Waals surface area contributed by atoms with E-state index in [-0.39, 0.29) is 5.41 Å². The van der Waals surface area contributed by atoms with Gasteiger partial charge in [0.15, 0.2) is 0 Å². The fraction of sp³-hybridized carbons (Fsp3) is 0.0769. The molecular formula is C26H21N. The molecule has 1 nitrogen and oxygen atoms in total. The molecule has 3 aromatic carbocycles. The zero-order valence-corrected chi connectivity index (χ0v) is 15.1. The minimum absolute atomic E-state index is 0.318. The van der Waals surface area contributed by atoms with Crippen molar-refractivity contribution in [3.05, 3.63) is 131 Å². The molecule has 0 aliphatic heterocycles. The predicted molar refractivity (Wildman–Crippen MR) is 113 cm³/mol. The van der Waals surface area contributed by atoms with E-state index in [0.717, 1.165) is 12.1 Å². The molecule has 2 aliphatic carbocycles. The monoisotopic (exact) mass is 347 g/mol.